The van der Waals surface area contributed by atoms with Crippen LogP contribution in [0.15, 0.2) is 11.4 Å². The van der Waals surface area contributed by atoms with Crippen LogP contribution in [-0.4, -0.2) is 23.7 Å². The highest BCUT2D eigenvalue weighted by molar-refractivity contribution is 7.10. The quantitative estimate of drug-likeness (QED) is 0.843. The SMILES string of the molecule is CC1CCC(NC(=O)c2csc(C#CCCO)c2)CC1C. The molecule has 3 unspecified atom stereocenters. The molecular formula is C17H23NO2S. The van der Waals surface area contributed by atoms with Gasteiger partial charge in [0.1, 0.15) is 0 Å². The van der Waals surface area contributed by atoms with Crippen molar-refractivity contribution in [2.75, 3.05) is 6.61 Å². The molecule has 1 aliphatic rings. The molecule has 3 nitrogen and oxygen atoms in total. The van der Waals surface area contributed by atoms with Gasteiger partial charge in [-0.25, -0.2) is 0 Å². The molecule has 0 radical (unpaired) electrons. The molecule has 4 heteroatoms. The van der Waals surface area contributed by atoms with Crippen LogP contribution in [0.25, 0.3) is 0 Å². The summed E-state index contributed by atoms with van der Waals surface area (Å²) >= 11 is 1.48. The zero-order valence-corrected chi connectivity index (χ0v) is 13.5. The van der Waals surface area contributed by atoms with Gasteiger partial charge in [-0.3, -0.25) is 4.79 Å². The first-order valence-electron chi connectivity index (χ1n) is 7.59. The third-order valence-electron chi connectivity index (χ3n) is 4.24. The first-order valence-corrected chi connectivity index (χ1v) is 8.47. The molecule has 1 saturated carbocycles. The Bertz CT molecular complexity index is 540. The van der Waals surface area contributed by atoms with E-state index >= 15 is 0 Å². The van der Waals surface area contributed by atoms with E-state index in [0.717, 1.165) is 23.6 Å². The van der Waals surface area contributed by atoms with E-state index in [1.165, 1.54) is 17.8 Å². The maximum atomic E-state index is 12.3. The topological polar surface area (TPSA) is 49.3 Å². The minimum Gasteiger partial charge on any atom is -0.395 e. The lowest BCUT2D eigenvalue weighted by atomic mass is 9.79. The number of rotatable bonds is 3. The fourth-order valence-corrected chi connectivity index (χ4v) is 3.43. The van der Waals surface area contributed by atoms with E-state index in [4.69, 9.17) is 5.11 Å². The Morgan fingerprint density at radius 2 is 2.24 bits per heavy atom. The fraction of sp³-hybridized carbons (Fsp3) is 0.588. The Balaban J connectivity index is 1.91. The van der Waals surface area contributed by atoms with Crippen LogP contribution in [-0.2, 0) is 0 Å². The zero-order valence-electron chi connectivity index (χ0n) is 12.7. The highest BCUT2D eigenvalue weighted by Gasteiger charge is 2.25. The molecular weight excluding hydrogens is 282 g/mol. The predicted molar refractivity (Wildman–Crippen MR) is 86.3 cm³/mol. The molecule has 21 heavy (non-hydrogen) atoms. The normalized spacial score (nSPS) is 25.0. The number of thiophene rings is 1. The van der Waals surface area contributed by atoms with E-state index in [2.05, 4.69) is 31.0 Å². The van der Waals surface area contributed by atoms with Gasteiger partial charge in [0, 0.05) is 17.8 Å². The molecule has 0 bridgehead atoms. The molecule has 1 aliphatic carbocycles. The Labute approximate surface area is 130 Å². The van der Waals surface area contributed by atoms with Crippen molar-refractivity contribution < 1.29 is 9.90 Å². The summed E-state index contributed by atoms with van der Waals surface area (Å²) < 4.78 is 0. The molecule has 3 atom stereocenters. The van der Waals surface area contributed by atoms with E-state index < -0.39 is 0 Å². The largest absolute Gasteiger partial charge is 0.395 e. The van der Waals surface area contributed by atoms with Crippen LogP contribution in [0, 0.1) is 23.7 Å². The average molecular weight is 305 g/mol. The van der Waals surface area contributed by atoms with Gasteiger partial charge in [-0.2, -0.15) is 0 Å². The molecule has 0 saturated heterocycles. The molecule has 0 spiro atoms. The monoisotopic (exact) mass is 305 g/mol. The van der Waals surface area contributed by atoms with Crippen LogP contribution in [0.4, 0.5) is 0 Å². The minimum atomic E-state index is 0.00760. The van der Waals surface area contributed by atoms with E-state index in [1.54, 1.807) is 0 Å². The van der Waals surface area contributed by atoms with Crippen molar-refractivity contribution >= 4 is 17.2 Å². The van der Waals surface area contributed by atoms with Gasteiger partial charge in [-0.05, 0) is 37.2 Å². The standard InChI is InChI=1S/C17H23NO2S/c1-12-6-7-15(9-13(12)2)18-17(20)14-10-16(21-11-14)5-3-4-8-19/h10-13,15,19H,4,6-9H2,1-2H3,(H,18,20). The van der Waals surface area contributed by atoms with Gasteiger partial charge < -0.3 is 10.4 Å². The third kappa shape index (κ3) is 4.59. The fourth-order valence-electron chi connectivity index (χ4n) is 2.67. The van der Waals surface area contributed by atoms with Crippen molar-refractivity contribution in [2.24, 2.45) is 11.8 Å². The summed E-state index contributed by atoms with van der Waals surface area (Å²) in [7, 11) is 0. The van der Waals surface area contributed by atoms with Gasteiger partial charge in [0.2, 0.25) is 0 Å². The molecule has 0 aromatic carbocycles. The number of amides is 1. The van der Waals surface area contributed by atoms with Gasteiger partial charge in [-0.1, -0.05) is 25.7 Å². The summed E-state index contributed by atoms with van der Waals surface area (Å²) in [6.45, 7) is 4.63. The molecule has 2 rings (SSSR count). The zero-order chi connectivity index (χ0) is 15.2. The molecule has 0 aliphatic heterocycles. The van der Waals surface area contributed by atoms with E-state index in [9.17, 15) is 4.79 Å². The molecule has 2 N–H and O–H groups in total. The van der Waals surface area contributed by atoms with Crippen LogP contribution in [0.2, 0.25) is 0 Å². The van der Waals surface area contributed by atoms with E-state index in [1.807, 2.05) is 11.4 Å². The van der Waals surface area contributed by atoms with Crippen molar-refractivity contribution in [3.63, 3.8) is 0 Å². The molecule has 1 amide bonds. The number of nitrogens with one attached hydrogen (secondary N) is 1. The van der Waals surface area contributed by atoms with Crippen LogP contribution in [0.3, 0.4) is 0 Å². The van der Waals surface area contributed by atoms with Gasteiger partial charge in [0.25, 0.3) is 5.91 Å². The lowest BCUT2D eigenvalue weighted by Gasteiger charge is -2.32. The van der Waals surface area contributed by atoms with Gasteiger partial charge >= 0.3 is 0 Å². The van der Waals surface area contributed by atoms with Crippen LogP contribution in [0.5, 0.6) is 0 Å². The van der Waals surface area contributed by atoms with Crippen molar-refractivity contribution in [1.82, 2.24) is 5.32 Å². The van der Waals surface area contributed by atoms with Gasteiger partial charge in [0.15, 0.2) is 0 Å². The summed E-state index contributed by atoms with van der Waals surface area (Å²) in [5.41, 5.74) is 0.694. The van der Waals surface area contributed by atoms with Crippen molar-refractivity contribution in [2.45, 2.75) is 45.6 Å². The number of carbonyl (C=O) groups is 1. The van der Waals surface area contributed by atoms with Crippen molar-refractivity contribution in [3.8, 4) is 11.8 Å². The second-order valence-corrected chi connectivity index (χ2v) is 6.82. The summed E-state index contributed by atoms with van der Waals surface area (Å²) in [5.74, 6) is 7.28. The Morgan fingerprint density at radius 1 is 1.43 bits per heavy atom. The summed E-state index contributed by atoms with van der Waals surface area (Å²) in [6, 6.07) is 2.13. The minimum absolute atomic E-state index is 0.00760. The highest BCUT2D eigenvalue weighted by Crippen LogP contribution is 2.29. The summed E-state index contributed by atoms with van der Waals surface area (Å²) in [4.78, 5) is 13.1. The predicted octanol–water partition coefficient (Wildman–Crippen LogP) is 3.04. The Morgan fingerprint density at radius 3 is 2.95 bits per heavy atom. The number of aliphatic hydroxyl groups is 1. The number of carbonyl (C=O) groups excluding carboxylic acids is 1. The number of aliphatic hydroxyl groups excluding tert-OH is 1. The lowest BCUT2D eigenvalue weighted by Crippen LogP contribution is -2.39. The highest BCUT2D eigenvalue weighted by atomic mass is 32.1. The molecule has 1 aromatic heterocycles. The first kappa shape index (κ1) is 16.1. The van der Waals surface area contributed by atoms with Gasteiger partial charge in [0.05, 0.1) is 17.0 Å². The molecule has 1 heterocycles. The first-order chi connectivity index (χ1) is 10.1. The molecule has 114 valence electrons. The van der Waals surface area contributed by atoms with Crippen molar-refractivity contribution in [1.29, 1.82) is 0 Å². The maximum absolute atomic E-state index is 12.3. The van der Waals surface area contributed by atoms with Crippen LogP contribution >= 0.6 is 11.3 Å². The summed E-state index contributed by atoms with van der Waals surface area (Å²) in [5, 5.41) is 13.7. The summed E-state index contributed by atoms with van der Waals surface area (Å²) in [6.07, 6.45) is 3.80. The second kappa shape index (κ2) is 7.63. The van der Waals surface area contributed by atoms with Crippen LogP contribution in [0.1, 0.15) is 54.8 Å². The molecule has 1 fully saturated rings. The maximum Gasteiger partial charge on any atom is 0.252 e. The molecule has 1 aromatic rings. The van der Waals surface area contributed by atoms with Gasteiger partial charge in [-0.15, -0.1) is 11.3 Å². The number of hydrogen-bond donors (Lipinski definition) is 2. The Hall–Kier alpha value is -1.31. The van der Waals surface area contributed by atoms with Crippen molar-refractivity contribution in [3.05, 3.63) is 21.9 Å². The third-order valence-corrected chi connectivity index (χ3v) is 5.09. The van der Waals surface area contributed by atoms with E-state index in [0.29, 0.717) is 23.9 Å². The second-order valence-electron chi connectivity index (χ2n) is 5.91. The number of hydrogen-bond acceptors (Lipinski definition) is 3. The average Bonchev–Trinajstić information content (AvgIpc) is 2.92. The van der Waals surface area contributed by atoms with Crippen LogP contribution < -0.4 is 5.32 Å². The lowest BCUT2D eigenvalue weighted by molar-refractivity contribution is 0.0911. The smallest absolute Gasteiger partial charge is 0.252 e. The van der Waals surface area contributed by atoms with E-state index in [-0.39, 0.29) is 12.5 Å². The Kier molecular flexibility index (Phi) is 5.84.